The first-order valence-electron chi connectivity index (χ1n) is 9.04. The van der Waals surface area contributed by atoms with Crippen molar-refractivity contribution >= 4 is 40.7 Å². The van der Waals surface area contributed by atoms with Crippen LogP contribution in [-0.2, 0) is 0 Å². The van der Waals surface area contributed by atoms with E-state index in [2.05, 4.69) is 25.6 Å². The van der Waals surface area contributed by atoms with E-state index in [1.165, 1.54) is 18.7 Å². The summed E-state index contributed by atoms with van der Waals surface area (Å²) in [5.41, 5.74) is 16.0. The van der Waals surface area contributed by atoms with E-state index in [-0.39, 0.29) is 5.91 Å². The Bertz CT molecular complexity index is 1120. The lowest BCUT2D eigenvalue weighted by molar-refractivity contribution is 0.102. The predicted molar refractivity (Wildman–Crippen MR) is 120 cm³/mol. The molecule has 0 aliphatic heterocycles. The lowest BCUT2D eigenvalue weighted by atomic mass is 10.2. The number of nitrogen functional groups attached to an aromatic ring is 1. The third kappa shape index (κ3) is 5.32. The first-order chi connectivity index (χ1) is 14.4. The van der Waals surface area contributed by atoms with Crippen LogP contribution in [0.4, 0.5) is 22.7 Å². The molecule has 0 atom stereocenters. The molecule has 1 aromatic heterocycles. The number of benzene rings is 2. The van der Waals surface area contributed by atoms with E-state index in [1.807, 2.05) is 19.1 Å². The summed E-state index contributed by atoms with van der Waals surface area (Å²) in [4.78, 5) is 23.1. The molecule has 3 aromatic rings. The van der Waals surface area contributed by atoms with Crippen LogP contribution in [0.2, 0.25) is 0 Å². The molecule has 30 heavy (non-hydrogen) atoms. The molecule has 0 spiro atoms. The highest BCUT2D eigenvalue weighted by molar-refractivity contribution is 6.03. The summed E-state index contributed by atoms with van der Waals surface area (Å²) in [6.07, 6.45) is 5.77. The molecule has 8 N–H and O–H groups in total. The summed E-state index contributed by atoms with van der Waals surface area (Å²) in [6, 6.07) is 12.4. The van der Waals surface area contributed by atoms with Crippen LogP contribution in [0.3, 0.4) is 0 Å². The molecule has 1 amide bonds. The van der Waals surface area contributed by atoms with Gasteiger partial charge in [-0.05, 0) is 49.4 Å². The number of hydrogen-bond acceptors (Lipinski definition) is 6. The van der Waals surface area contributed by atoms with Gasteiger partial charge in [0.05, 0.1) is 18.2 Å². The Labute approximate surface area is 173 Å². The number of aliphatic imine (C=N–C) groups is 1. The summed E-state index contributed by atoms with van der Waals surface area (Å²) in [5.74, 6) is 0.0190. The first kappa shape index (κ1) is 20.3. The third-order valence-electron chi connectivity index (χ3n) is 4.05. The van der Waals surface area contributed by atoms with Crippen LogP contribution in [-0.4, -0.2) is 27.9 Å². The largest absolute Gasteiger partial charge is 0.398 e. The molecule has 0 saturated heterocycles. The van der Waals surface area contributed by atoms with Gasteiger partial charge in [0.15, 0.2) is 0 Å². The fraction of sp³-hybridized carbons (Fsp3) is 0.0476. The summed E-state index contributed by atoms with van der Waals surface area (Å²) in [7, 11) is 0. The number of allylic oxidation sites excluding steroid dienone is 1. The minimum Gasteiger partial charge on any atom is -0.398 e. The predicted octanol–water partition coefficient (Wildman–Crippen LogP) is 3.25. The molecule has 0 fully saturated rings. The zero-order valence-electron chi connectivity index (χ0n) is 16.3. The van der Waals surface area contributed by atoms with E-state index in [0.717, 1.165) is 11.4 Å². The fourth-order valence-corrected chi connectivity index (χ4v) is 2.68. The van der Waals surface area contributed by atoms with Gasteiger partial charge >= 0.3 is 0 Å². The Kier molecular flexibility index (Phi) is 6.23. The highest BCUT2D eigenvalue weighted by Crippen LogP contribution is 2.20. The molecule has 152 valence electrons. The van der Waals surface area contributed by atoms with Crippen molar-refractivity contribution in [1.82, 2.24) is 9.97 Å². The Balaban J connectivity index is 1.69. The van der Waals surface area contributed by atoms with Gasteiger partial charge in [0.2, 0.25) is 0 Å². The molecule has 1 heterocycles. The quantitative estimate of drug-likeness (QED) is 0.203. The smallest absolute Gasteiger partial charge is 0.273 e. The van der Waals surface area contributed by atoms with Gasteiger partial charge in [0.25, 0.3) is 5.91 Å². The molecular formula is C21H22N8O. The molecule has 0 radical (unpaired) electrons. The molecule has 0 aliphatic rings. The van der Waals surface area contributed by atoms with Crippen molar-refractivity contribution in [2.75, 3.05) is 16.4 Å². The molecule has 9 nitrogen and oxygen atoms in total. The SMILES string of the molecule is C/C(=C/C(N)=Nc1ccc(N)c(C=N)c1)Nc1cccc(NC(=O)c2cnc[nH]2)c1. The molecule has 0 unspecified atom stereocenters. The maximum atomic E-state index is 12.1. The standard InChI is InChI=1S/C21H22N8O/c1-13(7-20(24)28-17-5-6-18(23)14(8-17)10-22)27-15-3-2-4-16(9-15)29-21(30)19-11-25-12-26-19/h2-12,22,27H,23H2,1H3,(H2,24,28)(H,25,26)(H,29,30)/b13-7-,22-10?. The van der Waals surface area contributed by atoms with Crippen LogP contribution < -0.4 is 22.1 Å². The number of carbonyl (C=O) groups excluding carboxylic acids is 1. The Morgan fingerprint density at radius 1 is 1.20 bits per heavy atom. The van der Waals surface area contributed by atoms with Crippen molar-refractivity contribution in [2.45, 2.75) is 6.92 Å². The van der Waals surface area contributed by atoms with Gasteiger partial charge in [-0.1, -0.05) is 6.07 Å². The molecule has 9 heteroatoms. The number of amides is 1. The third-order valence-corrected chi connectivity index (χ3v) is 4.05. The van der Waals surface area contributed by atoms with Crippen molar-refractivity contribution in [3.05, 3.63) is 78.0 Å². The van der Waals surface area contributed by atoms with Gasteiger partial charge in [-0.15, -0.1) is 0 Å². The van der Waals surface area contributed by atoms with Gasteiger partial charge in [-0.2, -0.15) is 0 Å². The van der Waals surface area contributed by atoms with Crippen molar-refractivity contribution in [2.24, 2.45) is 10.7 Å². The second-order valence-corrected chi connectivity index (χ2v) is 6.45. The number of nitrogens with two attached hydrogens (primary N) is 2. The van der Waals surface area contributed by atoms with Crippen molar-refractivity contribution in [3.8, 4) is 0 Å². The number of H-pyrrole nitrogens is 1. The minimum atomic E-state index is -0.277. The lowest BCUT2D eigenvalue weighted by Gasteiger charge is -2.10. The maximum Gasteiger partial charge on any atom is 0.273 e. The number of carbonyl (C=O) groups is 1. The molecule has 2 aromatic carbocycles. The number of aromatic nitrogens is 2. The summed E-state index contributed by atoms with van der Waals surface area (Å²) >= 11 is 0. The monoisotopic (exact) mass is 402 g/mol. The number of imidazole rings is 1. The number of aromatic amines is 1. The van der Waals surface area contributed by atoms with E-state index in [9.17, 15) is 4.79 Å². The maximum absolute atomic E-state index is 12.1. The number of nitrogens with one attached hydrogen (secondary N) is 4. The number of amidine groups is 1. The average molecular weight is 402 g/mol. The van der Waals surface area contributed by atoms with Gasteiger partial charge in [-0.25, -0.2) is 9.98 Å². The lowest BCUT2D eigenvalue weighted by Crippen LogP contribution is -2.12. The highest BCUT2D eigenvalue weighted by Gasteiger charge is 2.07. The van der Waals surface area contributed by atoms with Gasteiger partial charge < -0.3 is 32.5 Å². The van der Waals surface area contributed by atoms with E-state index in [0.29, 0.717) is 34.2 Å². The number of rotatable bonds is 7. The van der Waals surface area contributed by atoms with Crippen molar-refractivity contribution < 1.29 is 4.79 Å². The van der Waals surface area contributed by atoms with Crippen LogP contribution in [0.25, 0.3) is 0 Å². The van der Waals surface area contributed by atoms with Gasteiger partial charge in [-0.3, -0.25) is 4.79 Å². The number of anilines is 3. The second kappa shape index (κ2) is 9.20. The topological polar surface area (TPSA) is 158 Å². The van der Waals surface area contributed by atoms with Crippen LogP contribution in [0.15, 0.2) is 71.8 Å². The number of hydrogen-bond donors (Lipinski definition) is 6. The van der Waals surface area contributed by atoms with E-state index in [1.54, 1.807) is 36.4 Å². The second-order valence-electron chi connectivity index (χ2n) is 6.45. The molecule has 0 aliphatic carbocycles. The van der Waals surface area contributed by atoms with Crippen LogP contribution in [0.1, 0.15) is 23.0 Å². The minimum absolute atomic E-state index is 0.277. The Morgan fingerprint density at radius 2 is 1.97 bits per heavy atom. The van der Waals surface area contributed by atoms with E-state index >= 15 is 0 Å². The molecule has 0 bridgehead atoms. The fourth-order valence-electron chi connectivity index (χ4n) is 2.68. The normalized spacial score (nSPS) is 11.8. The van der Waals surface area contributed by atoms with Crippen LogP contribution in [0, 0.1) is 5.41 Å². The van der Waals surface area contributed by atoms with E-state index < -0.39 is 0 Å². The van der Waals surface area contributed by atoms with Crippen molar-refractivity contribution in [3.63, 3.8) is 0 Å². The zero-order valence-corrected chi connectivity index (χ0v) is 16.3. The average Bonchev–Trinajstić information content (AvgIpc) is 3.24. The van der Waals surface area contributed by atoms with Crippen molar-refractivity contribution in [1.29, 1.82) is 5.41 Å². The Morgan fingerprint density at radius 3 is 2.67 bits per heavy atom. The Hall–Kier alpha value is -4.40. The number of nitrogens with zero attached hydrogens (tertiary/aromatic N) is 2. The molecule has 3 rings (SSSR count). The molecule has 0 saturated carbocycles. The highest BCUT2D eigenvalue weighted by atomic mass is 16.1. The summed E-state index contributed by atoms with van der Waals surface area (Å²) in [5, 5.41) is 13.4. The zero-order chi connectivity index (χ0) is 21.5. The summed E-state index contributed by atoms with van der Waals surface area (Å²) in [6.45, 7) is 1.85. The van der Waals surface area contributed by atoms with Gasteiger partial charge in [0, 0.05) is 34.5 Å². The van der Waals surface area contributed by atoms with E-state index in [4.69, 9.17) is 16.9 Å². The van der Waals surface area contributed by atoms with Gasteiger partial charge in [0.1, 0.15) is 11.5 Å². The summed E-state index contributed by atoms with van der Waals surface area (Å²) < 4.78 is 0. The van der Waals surface area contributed by atoms with Crippen LogP contribution >= 0.6 is 0 Å². The first-order valence-corrected chi connectivity index (χ1v) is 9.04. The molecular weight excluding hydrogens is 380 g/mol. The van der Waals surface area contributed by atoms with Crippen LogP contribution in [0.5, 0.6) is 0 Å².